The molecule has 5 nitrogen and oxygen atoms in total. The van der Waals surface area contributed by atoms with Crippen molar-refractivity contribution >= 4 is 23.2 Å². The Labute approximate surface area is 147 Å². The summed E-state index contributed by atoms with van der Waals surface area (Å²) in [4.78, 5) is 16.4. The molecule has 130 valence electrons. The number of carbonyl (C=O) groups excluding carboxylic acids is 1. The molecule has 0 saturated carbocycles. The Balaban J connectivity index is 2.04. The third kappa shape index (κ3) is 3.12. The highest BCUT2D eigenvalue weighted by Crippen LogP contribution is 2.40. The van der Waals surface area contributed by atoms with Gasteiger partial charge in [0.15, 0.2) is 0 Å². The summed E-state index contributed by atoms with van der Waals surface area (Å²) in [7, 11) is 0. The fourth-order valence-electron chi connectivity index (χ4n) is 2.52. The highest BCUT2D eigenvalue weighted by Gasteiger charge is 2.59. The molecule has 0 saturated heterocycles. The molecular formula is C17H14ClF2N3O2. The van der Waals surface area contributed by atoms with Crippen molar-refractivity contribution in [3.05, 3.63) is 64.9 Å². The van der Waals surface area contributed by atoms with Crippen molar-refractivity contribution < 1.29 is 18.7 Å². The average molecular weight is 366 g/mol. The van der Waals surface area contributed by atoms with Gasteiger partial charge in [0.25, 0.3) is 11.8 Å². The summed E-state index contributed by atoms with van der Waals surface area (Å²) >= 11 is 5.83. The number of hydrazone groups is 1. The Morgan fingerprint density at radius 2 is 2.00 bits per heavy atom. The zero-order valence-electron chi connectivity index (χ0n) is 13.2. The Morgan fingerprint density at radius 3 is 2.56 bits per heavy atom. The first-order valence-electron chi connectivity index (χ1n) is 7.40. The minimum Gasteiger partial charge on any atom is -0.364 e. The molecule has 0 radical (unpaired) electrons. The Hall–Kier alpha value is -2.38. The first-order chi connectivity index (χ1) is 11.7. The summed E-state index contributed by atoms with van der Waals surface area (Å²) in [5.74, 6) is -4.45. The van der Waals surface area contributed by atoms with Crippen LogP contribution in [0.2, 0.25) is 5.02 Å². The highest BCUT2D eigenvalue weighted by molar-refractivity contribution is 6.30. The SMILES string of the molecule is CC(F)(F)[C@]1(O)CC(c2ccc(Cl)cc2)=NN1C(=O)c1cccnc1. The van der Waals surface area contributed by atoms with Gasteiger partial charge in [0.2, 0.25) is 5.72 Å². The van der Waals surface area contributed by atoms with E-state index >= 15 is 0 Å². The second-order valence-corrected chi connectivity index (χ2v) is 6.23. The zero-order chi connectivity index (χ0) is 18.2. The van der Waals surface area contributed by atoms with Gasteiger partial charge in [0, 0.05) is 30.8 Å². The van der Waals surface area contributed by atoms with Crippen LogP contribution in [0.4, 0.5) is 8.78 Å². The number of benzene rings is 1. The van der Waals surface area contributed by atoms with Crippen LogP contribution in [0, 0.1) is 0 Å². The van der Waals surface area contributed by atoms with Gasteiger partial charge in [-0.15, -0.1) is 0 Å². The predicted octanol–water partition coefficient (Wildman–Crippen LogP) is 3.33. The number of aromatic nitrogens is 1. The number of pyridine rings is 1. The summed E-state index contributed by atoms with van der Waals surface area (Å²) in [6, 6.07) is 9.25. The Bertz CT molecular complexity index is 822. The molecule has 2 aromatic rings. The van der Waals surface area contributed by atoms with Crippen molar-refractivity contribution in [2.24, 2.45) is 5.10 Å². The molecule has 3 rings (SSSR count). The summed E-state index contributed by atoms with van der Waals surface area (Å²) in [6.07, 6.45) is 2.17. The fourth-order valence-corrected chi connectivity index (χ4v) is 2.64. The highest BCUT2D eigenvalue weighted by atomic mass is 35.5. The molecule has 0 fully saturated rings. The molecule has 1 N–H and O–H groups in total. The molecular weight excluding hydrogens is 352 g/mol. The molecule has 0 spiro atoms. The maximum atomic E-state index is 14.1. The molecule has 25 heavy (non-hydrogen) atoms. The van der Waals surface area contributed by atoms with Gasteiger partial charge in [-0.1, -0.05) is 23.7 Å². The largest absolute Gasteiger partial charge is 0.364 e. The first-order valence-corrected chi connectivity index (χ1v) is 7.78. The van der Waals surface area contributed by atoms with E-state index in [0.29, 0.717) is 22.5 Å². The van der Waals surface area contributed by atoms with Gasteiger partial charge in [-0.25, -0.2) is 8.78 Å². The van der Waals surface area contributed by atoms with Crippen molar-refractivity contribution in [3.63, 3.8) is 0 Å². The van der Waals surface area contributed by atoms with Crippen molar-refractivity contribution in [1.29, 1.82) is 0 Å². The van der Waals surface area contributed by atoms with Crippen molar-refractivity contribution in [2.45, 2.75) is 25.0 Å². The van der Waals surface area contributed by atoms with Gasteiger partial charge in [-0.3, -0.25) is 9.78 Å². The van der Waals surface area contributed by atoms with Crippen molar-refractivity contribution in [1.82, 2.24) is 9.99 Å². The summed E-state index contributed by atoms with van der Waals surface area (Å²) in [5.41, 5.74) is -2.06. The van der Waals surface area contributed by atoms with E-state index in [2.05, 4.69) is 10.1 Å². The van der Waals surface area contributed by atoms with Crippen LogP contribution >= 0.6 is 11.6 Å². The summed E-state index contributed by atoms with van der Waals surface area (Å²) in [6.45, 7) is 0.552. The Morgan fingerprint density at radius 1 is 1.32 bits per heavy atom. The van der Waals surface area contributed by atoms with E-state index in [-0.39, 0.29) is 11.3 Å². The van der Waals surface area contributed by atoms with Crippen molar-refractivity contribution in [2.75, 3.05) is 0 Å². The van der Waals surface area contributed by atoms with Gasteiger partial charge in [0.1, 0.15) is 0 Å². The average Bonchev–Trinajstić information content (AvgIpc) is 2.94. The minimum atomic E-state index is -3.59. The van der Waals surface area contributed by atoms with E-state index in [1.807, 2.05) is 0 Å². The molecule has 2 heterocycles. The first kappa shape index (κ1) is 17.4. The van der Waals surface area contributed by atoms with Gasteiger partial charge >= 0.3 is 0 Å². The topological polar surface area (TPSA) is 65.8 Å². The van der Waals surface area contributed by atoms with Gasteiger partial charge in [0.05, 0.1) is 11.3 Å². The van der Waals surface area contributed by atoms with Crippen LogP contribution in [-0.4, -0.2) is 38.4 Å². The molecule has 1 atom stereocenters. The number of aliphatic hydroxyl groups is 1. The molecule has 0 unspecified atom stereocenters. The molecule has 1 aromatic carbocycles. The lowest BCUT2D eigenvalue weighted by atomic mass is 9.96. The van der Waals surface area contributed by atoms with E-state index in [1.165, 1.54) is 24.5 Å². The van der Waals surface area contributed by atoms with Gasteiger partial charge in [-0.2, -0.15) is 10.1 Å². The lowest BCUT2D eigenvalue weighted by Gasteiger charge is -2.35. The van der Waals surface area contributed by atoms with E-state index in [0.717, 1.165) is 0 Å². The number of carbonyl (C=O) groups is 1. The van der Waals surface area contributed by atoms with Crippen LogP contribution in [0.25, 0.3) is 0 Å². The van der Waals surface area contributed by atoms with Crippen LogP contribution in [0.5, 0.6) is 0 Å². The molecule has 1 aliphatic heterocycles. The molecule has 1 aromatic heterocycles. The van der Waals surface area contributed by atoms with Crippen LogP contribution < -0.4 is 0 Å². The monoisotopic (exact) mass is 365 g/mol. The third-order valence-corrected chi connectivity index (χ3v) is 4.22. The van der Waals surface area contributed by atoms with Gasteiger partial charge in [-0.05, 0) is 29.8 Å². The molecule has 8 heteroatoms. The number of rotatable bonds is 3. The van der Waals surface area contributed by atoms with Crippen LogP contribution in [0.1, 0.15) is 29.3 Å². The predicted molar refractivity (Wildman–Crippen MR) is 88.6 cm³/mol. The van der Waals surface area contributed by atoms with E-state index in [9.17, 15) is 18.7 Å². The van der Waals surface area contributed by atoms with Crippen molar-refractivity contribution in [3.8, 4) is 0 Å². The normalized spacial score (nSPS) is 20.5. The van der Waals surface area contributed by atoms with Gasteiger partial charge < -0.3 is 5.11 Å². The van der Waals surface area contributed by atoms with Crippen LogP contribution in [0.15, 0.2) is 53.9 Å². The van der Waals surface area contributed by atoms with E-state index < -0.39 is 24.0 Å². The lowest BCUT2D eigenvalue weighted by molar-refractivity contribution is -0.222. The molecule has 0 aliphatic carbocycles. The number of alkyl halides is 2. The standard InChI is InChI=1S/C17H14ClF2N3O2/c1-16(19,20)17(25)9-14(11-4-6-13(18)7-5-11)22-23(17)15(24)12-3-2-8-21-10-12/h2-8,10,25H,9H2,1H3/t17-/m1/s1. The van der Waals surface area contributed by atoms with E-state index in [4.69, 9.17) is 11.6 Å². The fraction of sp³-hybridized carbons (Fsp3) is 0.235. The third-order valence-electron chi connectivity index (χ3n) is 3.97. The van der Waals surface area contributed by atoms with E-state index in [1.54, 1.807) is 24.3 Å². The smallest absolute Gasteiger partial charge is 0.294 e. The maximum Gasteiger partial charge on any atom is 0.294 e. The number of hydrogen-bond donors (Lipinski definition) is 1. The quantitative estimate of drug-likeness (QED) is 0.907. The number of nitrogens with zero attached hydrogens (tertiary/aromatic N) is 3. The summed E-state index contributed by atoms with van der Waals surface area (Å²) < 4.78 is 28.3. The van der Waals surface area contributed by atoms with Crippen LogP contribution in [0.3, 0.4) is 0 Å². The molecule has 0 bridgehead atoms. The number of hydrogen-bond acceptors (Lipinski definition) is 4. The second kappa shape index (κ2) is 6.16. The number of halogens is 3. The zero-order valence-corrected chi connectivity index (χ0v) is 13.9. The molecule has 1 aliphatic rings. The van der Waals surface area contributed by atoms with Crippen LogP contribution in [-0.2, 0) is 0 Å². The maximum absolute atomic E-state index is 14.1. The second-order valence-electron chi connectivity index (χ2n) is 5.79. The minimum absolute atomic E-state index is 0.0475. The summed E-state index contributed by atoms with van der Waals surface area (Å²) in [5, 5.41) is 15.5. The molecule has 1 amide bonds. The number of amides is 1. The Kier molecular flexibility index (Phi) is 4.30. The lowest BCUT2D eigenvalue weighted by Crippen LogP contribution is -2.57.